The van der Waals surface area contributed by atoms with Crippen molar-refractivity contribution in [2.75, 3.05) is 17.2 Å². The maximum absolute atomic E-state index is 11.8. The lowest BCUT2D eigenvalue weighted by molar-refractivity contribution is -0.115. The van der Waals surface area contributed by atoms with Gasteiger partial charge in [0.1, 0.15) is 17.3 Å². The standard InChI is InChI=1S/C17H19N7O2/c25-16-12(21-17(26)23-16)5-10-8-19-24-14(20-11-3-4-11)6-13(22-15(10)24)18-7-9-1-2-9/h5-6,8-9,11,20H,1-4,7H2,(H,18,22)(H2,21,23,25,26)/b12-5-. The summed E-state index contributed by atoms with van der Waals surface area (Å²) in [5.74, 6) is 1.94. The van der Waals surface area contributed by atoms with Crippen molar-refractivity contribution in [1.82, 2.24) is 25.2 Å². The van der Waals surface area contributed by atoms with Crippen LogP contribution in [-0.2, 0) is 4.79 Å². The van der Waals surface area contributed by atoms with E-state index in [4.69, 9.17) is 0 Å². The van der Waals surface area contributed by atoms with Crippen LogP contribution in [0.2, 0.25) is 0 Å². The number of hydrogen-bond donors (Lipinski definition) is 4. The van der Waals surface area contributed by atoms with E-state index in [9.17, 15) is 9.59 Å². The summed E-state index contributed by atoms with van der Waals surface area (Å²) in [6.07, 6.45) is 8.08. The predicted octanol–water partition coefficient (Wildman–Crippen LogP) is 1.31. The monoisotopic (exact) mass is 353 g/mol. The molecule has 2 aliphatic carbocycles. The SMILES string of the molecule is O=C1NC(=O)/C(=C/c2cnn3c(NC4CC4)cc(NCC4CC4)nc23)N1. The van der Waals surface area contributed by atoms with E-state index in [1.807, 2.05) is 6.07 Å². The largest absolute Gasteiger partial charge is 0.370 e. The van der Waals surface area contributed by atoms with Gasteiger partial charge in [-0.3, -0.25) is 10.1 Å². The molecule has 0 radical (unpaired) electrons. The Kier molecular flexibility index (Phi) is 3.34. The molecule has 0 spiro atoms. The smallest absolute Gasteiger partial charge is 0.326 e. The van der Waals surface area contributed by atoms with Crippen molar-refractivity contribution in [1.29, 1.82) is 0 Å². The fraction of sp³-hybridized carbons (Fsp3) is 0.412. The first-order valence-corrected chi connectivity index (χ1v) is 8.89. The number of urea groups is 1. The molecule has 4 N–H and O–H groups in total. The van der Waals surface area contributed by atoms with Crippen LogP contribution in [0.25, 0.3) is 11.7 Å². The normalized spacial score (nSPS) is 21.2. The van der Waals surface area contributed by atoms with Crippen molar-refractivity contribution >= 4 is 35.3 Å². The van der Waals surface area contributed by atoms with Gasteiger partial charge < -0.3 is 16.0 Å². The van der Waals surface area contributed by atoms with Crippen molar-refractivity contribution in [2.45, 2.75) is 31.7 Å². The molecule has 1 saturated heterocycles. The van der Waals surface area contributed by atoms with E-state index >= 15 is 0 Å². The summed E-state index contributed by atoms with van der Waals surface area (Å²) in [7, 11) is 0. The minimum Gasteiger partial charge on any atom is -0.370 e. The summed E-state index contributed by atoms with van der Waals surface area (Å²) in [6, 6.07) is 1.93. The van der Waals surface area contributed by atoms with Crippen molar-refractivity contribution in [3.05, 3.63) is 23.5 Å². The Balaban J connectivity index is 1.53. The first-order chi connectivity index (χ1) is 12.7. The molecule has 2 aromatic rings. The molecule has 3 aliphatic rings. The summed E-state index contributed by atoms with van der Waals surface area (Å²) in [4.78, 5) is 27.8. The molecule has 2 saturated carbocycles. The Morgan fingerprint density at radius 2 is 2.08 bits per heavy atom. The zero-order valence-electron chi connectivity index (χ0n) is 14.1. The fourth-order valence-corrected chi connectivity index (χ4v) is 2.92. The maximum atomic E-state index is 11.8. The molecular formula is C17H19N7O2. The molecule has 5 rings (SSSR count). The number of nitrogens with zero attached hydrogens (tertiary/aromatic N) is 3. The van der Waals surface area contributed by atoms with Crippen molar-refractivity contribution < 1.29 is 9.59 Å². The number of anilines is 2. The van der Waals surface area contributed by atoms with E-state index < -0.39 is 11.9 Å². The van der Waals surface area contributed by atoms with Crippen LogP contribution in [0.15, 0.2) is 18.0 Å². The molecular weight excluding hydrogens is 334 g/mol. The Morgan fingerprint density at radius 1 is 1.23 bits per heavy atom. The zero-order chi connectivity index (χ0) is 17.7. The minimum atomic E-state index is -0.520. The molecule has 9 heteroatoms. The third-order valence-corrected chi connectivity index (χ3v) is 4.72. The number of carbonyl (C=O) groups excluding carboxylic acids is 2. The molecule has 2 aromatic heterocycles. The number of amides is 3. The van der Waals surface area contributed by atoms with Crippen LogP contribution < -0.4 is 21.3 Å². The number of imide groups is 1. The van der Waals surface area contributed by atoms with Crippen LogP contribution in [0.5, 0.6) is 0 Å². The number of hydrogen-bond acceptors (Lipinski definition) is 6. The maximum Gasteiger partial charge on any atom is 0.326 e. The second-order valence-corrected chi connectivity index (χ2v) is 7.07. The van der Waals surface area contributed by atoms with Gasteiger partial charge in [-0.25, -0.2) is 9.78 Å². The molecule has 3 amide bonds. The third kappa shape index (κ3) is 2.96. The van der Waals surface area contributed by atoms with E-state index in [-0.39, 0.29) is 5.70 Å². The summed E-state index contributed by atoms with van der Waals surface area (Å²) >= 11 is 0. The van der Waals surface area contributed by atoms with Crippen molar-refractivity contribution in [2.24, 2.45) is 5.92 Å². The molecule has 9 nitrogen and oxygen atoms in total. The predicted molar refractivity (Wildman–Crippen MR) is 95.5 cm³/mol. The van der Waals surface area contributed by atoms with Gasteiger partial charge in [0.25, 0.3) is 5.91 Å². The second kappa shape index (κ2) is 5.72. The Morgan fingerprint density at radius 3 is 2.77 bits per heavy atom. The van der Waals surface area contributed by atoms with Gasteiger partial charge in [0, 0.05) is 24.2 Å². The summed E-state index contributed by atoms with van der Waals surface area (Å²) in [6.45, 7) is 0.912. The van der Waals surface area contributed by atoms with Gasteiger partial charge in [-0.2, -0.15) is 9.61 Å². The highest BCUT2D eigenvalue weighted by Crippen LogP contribution is 2.30. The number of nitrogens with one attached hydrogen (secondary N) is 4. The minimum absolute atomic E-state index is 0.194. The first-order valence-electron chi connectivity index (χ1n) is 8.89. The third-order valence-electron chi connectivity index (χ3n) is 4.72. The average molecular weight is 353 g/mol. The lowest BCUT2D eigenvalue weighted by Crippen LogP contribution is -2.22. The number of aromatic nitrogens is 3. The topological polar surface area (TPSA) is 112 Å². The van der Waals surface area contributed by atoms with Crippen molar-refractivity contribution in [3.63, 3.8) is 0 Å². The zero-order valence-corrected chi connectivity index (χ0v) is 14.1. The lowest BCUT2D eigenvalue weighted by atomic mass is 10.2. The van der Waals surface area contributed by atoms with Crippen LogP contribution in [-0.4, -0.2) is 39.1 Å². The van der Waals surface area contributed by atoms with Crippen LogP contribution >= 0.6 is 0 Å². The van der Waals surface area contributed by atoms with Crippen LogP contribution in [0.1, 0.15) is 31.2 Å². The van der Waals surface area contributed by atoms with Crippen molar-refractivity contribution in [3.8, 4) is 0 Å². The van der Waals surface area contributed by atoms with E-state index in [2.05, 4.69) is 31.3 Å². The Bertz CT molecular complexity index is 940. The van der Waals surface area contributed by atoms with Gasteiger partial charge in [-0.05, 0) is 37.7 Å². The summed E-state index contributed by atoms with van der Waals surface area (Å²) in [5, 5.41) is 16.0. The van der Waals surface area contributed by atoms with E-state index in [0.29, 0.717) is 17.3 Å². The van der Waals surface area contributed by atoms with E-state index in [1.54, 1.807) is 16.8 Å². The van der Waals surface area contributed by atoms with Gasteiger partial charge >= 0.3 is 6.03 Å². The molecule has 26 heavy (non-hydrogen) atoms. The summed E-state index contributed by atoms with van der Waals surface area (Å²) < 4.78 is 1.74. The highest BCUT2D eigenvalue weighted by molar-refractivity contribution is 6.14. The second-order valence-electron chi connectivity index (χ2n) is 7.07. The number of carbonyl (C=O) groups is 2. The molecule has 0 bridgehead atoms. The average Bonchev–Trinajstić information content (AvgIpc) is 3.52. The van der Waals surface area contributed by atoms with Gasteiger partial charge in [0.05, 0.1) is 6.20 Å². The van der Waals surface area contributed by atoms with Crippen LogP contribution in [0.4, 0.5) is 16.4 Å². The molecule has 1 aliphatic heterocycles. The van der Waals surface area contributed by atoms with Crippen LogP contribution in [0.3, 0.4) is 0 Å². The molecule has 3 heterocycles. The Labute approximate surface area is 149 Å². The highest BCUT2D eigenvalue weighted by Gasteiger charge is 2.26. The highest BCUT2D eigenvalue weighted by atomic mass is 16.2. The fourth-order valence-electron chi connectivity index (χ4n) is 2.92. The molecule has 0 atom stereocenters. The first kappa shape index (κ1) is 15.2. The van der Waals surface area contributed by atoms with Gasteiger partial charge in [0.15, 0.2) is 5.65 Å². The van der Waals surface area contributed by atoms with Crippen LogP contribution in [0, 0.1) is 5.92 Å². The molecule has 3 fully saturated rings. The Hall–Kier alpha value is -3.10. The van der Waals surface area contributed by atoms with Gasteiger partial charge in [-0.15, -0.1) is 0 Å². The van der Waals surface area contributed by atoms with Gasteiger partial charge in [-0.1, -0.05) is 0 Å². The molecule has 134 valence electrons. The lowest BCUT2D eigenvalue weighted by Gasteiger charge is -2.11. The van der Waals surface area contributed by atoms with E-state index in [0.717, 1.165) is 36.9 Å². The van der Waals surface area contributed by atoms with E-state index in [1.165, 1.54) is 12.8 Å². The van der Waals surface area contributed by atoms with Gasteiger partial charge in [0.2, 0.25) is 0 Å². The molecule has 0 aromatic carbocycles. The quantitative estimate of drug-likeness (QED) is 0.460. The number of fused-ring (bicyclic) bond motifs is 1. The molecule has 0 unspecified atom stereocenters. The summed E-state index contributed by atoms with van der Waals surface area (Å²) in [5.41, 5.74) is 1.50. The number of rotatable bonds is 6.